The Kier molecular flexibility index (Phi) is 11.4. The minimum Gasteiger partial charge on any atom is -0.466 e. The molecule has 0 spiro atoms. The highest BCUT2D eigenvalue weighted by Crippen LogP contribution is 2.41. The van der Waals surface area contributed by atoms with Gasteiger partial charge in [-0.3, -0.25) is 0 Å². The highest BCUT2D eigenvalue weighted by Gasteiger charge is 2.33. The van der Waals surface area contributed by atoms with E-state index in [0.717, 1.165) is 35.7 Å². The Morgan fingerprint density at radius 2 is 1.82 bits per heavy atom. The van der Waals surface area contributed by atoms with Gasteiger partial charge in [-0.2, -0.15) is 13.2 Å². The fourth-order valence-corrected chi connectivity index (χ4v) is 4.96. The first-order chi connectivity index (χ1) is 17.7. The molecule has 1 atom stereocenters. The molecule has 0 saturated heterocycles. The van der Waals surface area contributed by atoms with E-state index in [2.05, 4.69) is 5.32 Å². The van der Waals surface area contributed by atoms with Crippen LogP contribution in [0.2, 0.25) is 5.02 Å². The Morgan fingerprint density at radius 3 is 2.37 bits per heavy atom. The van der Waals surface area contributed by atoms with Crippen LogP contribution in [-0.4, -0.2) is 37.4 Å². The zero-order chi connectivity index (χ0) is 28.6. The average molecular weight is 576 g/mol. The lowest BCUT2D eigenvalue weighted by atomic mass is 9.88. The van der Waals surface area contributed by atoms with E-state index < -0.39 is 29.0 Å². The number of hydrogen-bond acceptors (Lipinski definition) is 6. The highest BCUT2D eigenvalue weighted by molar-refractivity contribution is 7.99. The first-order valence-electron chi connectivity index (χ1n) is 12.0. The molecule has 0 aliphatic rings. The van der Waals surface area contributed by atoms with Gasteiger partial charge >= 0.3 is 12.3 Å². The molecule has 38 heavy (non-hydrogen) atoms. The maximum Gasteiger partial charge on any atom is 0.416 e. The summed E-state index contributed by atoms with van der Waals surface area (Å²) in [7, 11) is 1.41. The third-order valence-electron chi connectivity index (χ3n) is 5.37. The number of nitrogens with one attached hydrogen (secondary N) is 1. The number of carbonyl (C=O) groups excluding carboxylic acids is 2. The number of alkyl halides is 3. The zero-order valence-corrected chi connectivity index (χ0v) is 23.6. The quantitative estimate of drug-likeness (QED) is 0.207. The molecular weight excluding hydrogens is 543 g/mol. The summed E-state index contributed by atoms with van der Waals surface area (Å²) in [5.41, 5.74) is -1.91. The Bertz CT molecular complexity index is 1110. The maximum absolute atomic E-state index is 13.3. The molecule has 210 valence electrons. The molecule has 2 aromatic carbocycles. The number of ether oxygens (including phenoxy) is 3. The fraction of sp³-hybridized carbons (Fsp3) is 0.481. The second kappa shape index (κ2) is 13.6. The number of aldehydes is 1. The van der Waals surface area contributed by atoms with Crippen molar-refractivity contribution in [3.8, 4) is 5.75 Å². The Labute approximate surface area is 230 Å². The summed E-state index contributed by atoms with van der Waals surface area (Å²) >= 11 is 7.59. The van der Waals surface area contributed by atoms with Crippen LogP contribution in [0.15, 0.2) is 46.2 Å². The van der Waals surface area contributed by atoms with Crippen LogP contribution in [-0.2, 0) is 26.9 Å². The van der Waals surface area contributed by atoms with Gasteiger partial charge in [0.2, 0.25) is 0 Å². The van der Waals surface area contributed by atoms with Crippen LogP contribution in [0.3, 0.4) is 0 Å². The predicted molar refractivity (Wildman–Crippen MR) is 141 cm³/mol. The standard InChI is InChI=1S/C27H33ClF3NO5S/c1-6-12-26(16-33,32-24(34)37-25(2,3)4)13-11-18-7-9-20(15-21(18)28)38-23-14-19(27(29,30)31)8-10-22(23)36-17-35-5/h7-10,14-16H,6,11-13,17H2,1-5H3,(H,32,34)/t26-/m0/s1. The molecule has 11 heteroatoms. The first kappa shape index (κ1) is 31.8. The number of benzene rings is 2. The molecule has 0 aromatic heterocycles. The Morgan fingerprint density at radius 1 is 1.11 bits per heavy atom. The first-order valence-corrected chi connectivity index (χ1v) is 13.2. The van der Waals surface area contributed by atoms with Gasteiger partial charge < -0.3 is 24.3 Å². The summed E-state index contributed by atoms with van der Waals surface area (Å²) in [5.74, 6) is 0.244. The van der Waals surface area contributed by atoms with Crippen molar-refractivity contribution in [1.29, 1.82) is 0 Å². The van der Waals surface area contributed by atoms with E-state index in [0.29, 0.717) is 35.6 Å². The zero-order valence-electron chi connectivity index (χ0n) is 22.0. The molecule has 0 saturated carbocycles. The van der Waals surface area contributed by atoms with Gasteiger partial charge in [-0.05, 0) is 75.9 Å². The van der Waals surface area contributed by atoms with Crippen LogP contribution in [0.5, 0.6) is 5.75 Å². The summed E-state index contributed by atoms with van der Waals surface area (Å²) in [6.45, 7) is 7.00. The molecule has 0 unspecified atom stereocenters. The van der Waals surface area contributed by atoms with Crippen molar-refractivity contribution in [3.05, 3.63) is 52.5 Å². The molecule has 0 fully saturated rings. The number of hydrogen-bond donors (Lipinski definition) is 1. The van der Waals surface area contributed by atoms with Crippen molar-refractivity contribution in [3.63, 3.8) is 0 Å². The lowest BCUT2D eigenvalue weighted by Crippen LogP contribution is -2.51. The Hall–Kier alpha value is -2.43. The molecule has 0 radical (unpaired) electrons. The van der Waals surface area contributed by atoms with Gasteiger partial charge in [0.15, 0.2) is 6.79 Å². The molecule has 1 N–H and O–H groups in total. The third-order valence-corrected chi connectivity index (χ3v) is 6.75. The van der Waals surface area contributed by atoms with Crippen molar-refractivity contribution in [2.75, 3.05) is 13.9 Å². The van der Waals surface area contributed by atoms with Gasteiger partial charge in [-0.25, -0.2) is 4.79 Å². The molecule has 2 rings (SSSR count). The second-order valence-corrected chi connectivity index (χ2v) is 11.2. The van der Waals surface area contributed by atoms with E-state index in [1.54, 1.807) is 39.0 Å². The molecular formula is C27H33ClF3NO5S. The van der Waals surface area contributed by atoms with Gasteiger partial charge in [0, 0.05) is 17.0 Å². The lowest BCUT2D eigenvalue weighted by Gasteiger charge is -2.31. The van der Waals surface area contributed by atoms with E-state index in [4.69, 9.17) is 25.8 Å². The number of alkyl carbamates (subject to hydrolysis) is 1. The van der Waals surface area contributed by atoms with Gasteiger partial charge in [0.1, 0.15) is 17.6 Å². The largest absolute Gasteiger partial charge is 0.466 e. The van der Waals surface area contributed by atoms with E-state index in [1.807, 2.05) is 6.92 Å². The number of rotatable bonds is 12. The van der Waals surface area contributed by atoms with Crippen LogP contribution >= 0.6 is 23.4 Å². The van der Waals surface area contributed by atoms with Crippen molar-refractivity contribution in [1.82, 2.24) is 5.32 Å². The second-order valence-electron chi connectivity index (χ2n) is 9.72. The number of aryl methyl sites for hydroxylation is 1. The minimum absolute atomic E-state index is 0.119. The van der Waals surface area contributed by atoms with Crippen LogP contribution in [0.1, 0.15) is 58.1 Å². The summed E-state index contributed by atoms with van der Waals surface area (Å²) in [6.07, 6.45) is -2.71. The van der Waals surface area contributed by atoms with Crippen LogP contribution in [0.4, 0.5) is 18.0 Å². The predicted octanol–water partition coefficient (Wildman–Crippen LogP) is 7.69. The van der Waals surface area contributed by atoms with Crippen molar-refractivity contribution < 1.29 is 37.0 Å². The maximum atomic E-state index is 13.3. The van der Waals surface area contributed by atoms with Crippen molar-refractivity contribution in [2.45, 2.75) is 80.5 Å². The lowest BCUT2D eigenvalue weighted by molar-refractivity contribution is -0.137. The van der Waals surface area contributed by atoms with Gasteiger partial charge in [-0.1, -0.05) is 42.8 Å². The summed E-state index contributed by atoms with van der Waals surface area (Å²) in [4.78, 5) is 25.3. The van der Waals surface area contributed by atoms with Crippen LogP contribution < -0.4 is 10.1 Å². The smallest absolute Gasteiger partial charge is 0.416 e. The number of amides is 1. The van der Waals surface area contributed by atoms with Crippen LogP contribution in [0.25, 0.3) is 0 Å². The molecule has 0 heterocycles. The number of carbonyl (C=O) groups is 2. The summed E-state index contributed by atoms with van der Waals surface area (Å²) in [6, 6.07) is 8.35. The highest BCUT2D eigenvalue weighted by atomic mass is 35.5. The molecule has 6 nitrogen and oxygen atoms in total. The van der Waals surface area contributed by atoms with Gasteiger partial charge in [-0.15, -0.1) is 0 Å². The SMILES string of the molecule is CCC[C@@](C=O)(CCc1ccc(Sc2cc(C(F)(F)F)ccc2OCOC)cc1Cl)NC(=O)OC(C)(C)C. The summed E-state index contributed by atoms with van der Waals surface area (Å²) in [5, 5.41) is 3.10. The van der Waals surface area contributed by atoms with Crippen molar-refractivity contribution >= 4 is 35.7 Å². The van der Waals surface area contributed by atoms with E-state index in [1.165, 1.54) is 13.2 Å². The number of halogens is 4. The van der Waals surface area contributed by atoms with Crippen LogP contribution in [0, 0.1) is 0 Å². The molecule has 1 amide bonds. The monoisotopic (exact) mass is 575 g/mol. The number of methoxy groups -OCH3 is 1. The van der Waals surface area contributed by atoms with E-state index >= 15 is 0 Å². The summed E-state index contributed by atoms with van der Waals surface area (Å²) < 4.78 is 55.5. The molecule has 0 aliphatic heterocycles. The van der Waals surface area contributed by atoms with Gasteiger partial charge in [0.05, 0.1) is 16.0 Å². The third kappa shape index (κ3) is 9.71. The molecule has 0 aliphatic carbocycles. The average Bonchev–Trinajstić information content (AvgIpc) is 2.80. The van der Waals surface area contributed by atoms with E-state index in [9.17, 15) is 22.8 Å². The molecule has 2 aromatic rings. The van der Waals surface area contributed by atoms with Crippen molar-refractivity contribution in [2.24, 2.45) is 0 Å². The normalized spacial score (nSPS) is 13.5. The fourth-order valence-electron chi connectivity index (χ4n) is 3.64. The topological polar surface area (TPSA) is 73.9 Å². The van der Waals surface area contributed by atoms with E-state index in [-0.39, 0.29) is 17.4 Å². The Balaban J connectivity index is 2.23. The van der Waals surface area contributed by atoms with Gasteiger partial charge in [0.25, 0.3) is 0 Å². The molecule has 0 bridgehead atoms. The minimum atomic E-state index is -4.51.